The summed E-state index contributed by atoms with van der Waals surface area (Å²) in [4.78, 5) is 11.8. The lowest BCUT2D eigenvalue weighted by Crippen LogP contribution is -2.41. The monoisotopic (exact) mass is 231 g/mol. The van der Waals surface area contributed by atoms with Gasteiger partial charge in [-0.2, -0.15) is 13.2 Å². The number of carbonyl (C=O) groups excluding carboxylic acids is 1. The minimum absolute atomic E-state index is 0.00971. The summed E-state index contributed by atoms with van der Waals surface area (Å²) in [5.74, 6) is -1.11. The average molecular weight is 232 g/mol. The molecule has 0 aromatic rings. The van der Waals surface area contributed by atoms with Crippen LogP contribution in [0.15, 0.2) is 0 Å². The summed E-state index contributed by atoms with van der Waals surface area (Å²) in [5.41, 5.74) is 0. The Kier molecular flexibility index (Phi) is 5.26. The predicted octanol–water partition coefficient (Wildman–Crippen LogP) is 2.27. The highest BCUT2D eigenvalue weighted by atomic mass is 35.5. The van der Waals surface area contributed by atoms with E-state index in [0.29, 0.717) is 0 Å². The van der Waals surface area contributed by atoms with E-state index < -0.39 is 24.5 Å². The Bertz CT molecular complexity index is 194. The van der Waals surface area contributed by atoms with Crippen molar-refractivity contribution in [3.8, 4) is 0 Å². The highest BCUT2D eigenvalue weighted by Gasteiger charge is 2.32. The lowest BCUT2D eigenvalue weighted by atomic mass is 10.2. The van der Waals surface area contributed by atoms with Gasteiger partial charge in [0, 0.05) is 6.54 Å². The van der Waals surface area contributed by atoms with Crippen LogP contribution in [0.1, 0.15) is 13.8 Å². The lowest BCUT2D eigenvalue weighted by molar-refractivity contribution is -0.160. The zero-order valence-electron chi connectivity index (χ0n) is 8.07. The summed E-state index contributed by atoms with van der Waals surface area (Å²) in [5, 5.41) is 0. The van der Waals surface area contributed by atoms with Crippen LogP contribution >= 0.6 is 11.6 Å². The highest BCUT2D eigenvalue weighted by molar-refractivity contribution is 6.27. The van der Waals surface area contributed by atoms with Gasteiger partial charge in [0.1, 0.15) is 12.4 Å². The Hall–Kier alpha value is -0.450. The minimum Gasteiger partial charge on any atom is -0.332 e. The zero-order valence-corrected chi connectivity index (χ0v) is 8.82. The largest absolute Gasteiger partial charge is 0.406 e. The number of amides is 1. The fraction of sp³-hybridized carbons (Fsp3) is 0.875. The summed E-state index contributed by atoms with van der Waals surface area (Å²) in [6, 6.07) is 0. The van der Waals surface area contributed by atoms with Crippen LogP contribution in [0.3, 0.4) is 0 Å². The maximum atomic E-state index is 12.0. The van der Waals surface area contributed by atoms with Gasteiger partial charge in [0.15, 0.2) is 0 Å². The second-order valence-corrected chi connectivity index (χ2v) is 3.68. The van der Waals surface area contributed by atoms with E-state index in [4.69, 9.17) is 11.6 Å². The van der Waals surface area contributed by atoms with Gasteiger partial charge >= 0.3 is 6.18 Å². The molecule has 2 nitrogen and oxygen atoms in total. The molecule has 0 N–H and O–H groups in total. The topological polar surface area (TPSA) is 20.3 Å². The first kappa shape index (κ1) is 13.5. The van der Waals surface area contributed by atoms with Crippen LogP contribution in [0, 0.1) is 5.92 Å². The molecule has 0 radical (unpaired) electrons. The predicted molar refractivity (Wildman–Crippen MR) is 48.2 cm³/mol. The van der Waals surface area contributed by atoms with Crippen LogP contribution in [0.25, 0.3) is 0 Å². The summed E-state index contributed by atoms with van der Waals surface area (Å²) in [6.07, 6.45) is -4.36. The van der Waals surface area contributed by atoms with Crippen LogP contribution in [-0.4, -0.2) is 36.0 Å². The Labute approximate surface area is 86.0 Å². The van der Waals surface area contributed by atoms with Crippen molar-refractivity contribution in [1.82, 2.24) is 4.90 Å². The first-order valence-corrected chi connectivity index (χ1v) is 4.70. The normalized spacial score (nSPS) is 11.9. The molecule has 0 bridgehead atoms. The smallest absolute Gasteiger partial charge is 0.332 e. The SMILES string of the molecule is CC(C)CN(CC(F)(F)F)C(=O)CCl. The van der Waals surface area contributed by atoms with Crippen molar-refractivity contribution in [2.24, 2.45) is 5.92 Å². The van der Waals surface area contributed by atoms with E-state index in [1.165, 1.54) is 0 Å². The maximum Gasteiger partial charge on any atom is 0.406 e. The quantitative estimate of drug-likeness (QED) is 0.680. The molecule has 0 heterocycles. The van der Waals surface area contributed by atoms with Gasteiger partial charge in [-0.25, -0.2) is 0 Å². The molecule has 1 amide bonds. The Morgan fingerprint density at radius 1 is 1.43 bits per heavy atom. The van der Waals surface area contributed by atoms with Gasteiger partial charge in [-0.1, -0.05) is 13.8 Å². The molecule has 0 aromatic carbocycles. The van der Waals surface area contributed by atoms with E-state index in [1.54, 1.807) is 13.8 Å². The lowest BCUT2D eigenvalue weighted by Gasteiger charge is -2.24. The van der Waals surface area contributed by atoms with Crippen molar-refractivity contribution in [1.29, 1.82) is 0 Å². The molecule has 0 unspecified atom stereocenters. The molecule has 84 valence electrons. The Morgan fingerprint density at radius 2 is 1.93 bits per heavy atom. The third-order valence-electron chi connectivity index (χ3n) is 1.42. The molecule has 0 aromatic heterocycles. The molecule has 6 heteroatoms. The van der Waals surface area contributed by atoms with Crippen LogP contribution in [0.4, 0.5) is 13.2 Å². The van der Waals surface area contributed by atoms with Crippen molar-refractivity contribution >= 4 is 17.5 Å². The van der Waals surface area contributed by atoms with Crippen molar-refractivity contribution in [3.63, 3.8) is 0 Å². The van der Waals surface area contributed by atoms with Crippen molar-refractivity contribution in [3.05, 3.63) is 0 Å². The molecule has 0 aliphatic heterocycles. The standard InChI is InChI=1S/C8H13ClF3NO/c1-6(2)4-13(7(14)3-9)5-8(10,11)12/h6H,3-5H2,1-2H3. The van der Waals surface area contributed by atoms with Crippen LogP contribution in [0.5, 0.6) is 0 Å². The third-order valence-corrected chi connectivity index (χ3v) is 1.65. The summed E-state index contributed by atoms with van der Waals surface area (Å²) in [7, 11) is 0. The van der Waals surface area contributed by atoms with Gasteiger partial charge in [0.25, 0.3) is 0 Å². The number of hydrogen-bond donors (Lipinski definition) is 0. The molecule has 14 heavy (non-hydrogen) atoms. The maximum absolute atomic E-state index is 12.0. The molecule has 0 atom stereocenters. The number of carbonyl (C=O) groups is 1. The fourth-order valence-corrected chi connectivity index (χ4v) is 1.17. The van der Waals surface area contributed by atoms with Gasteiger partial charge in [-0.3, -0.25) is 4.79 Å². The molecule has 0 aliphatic carbocycles. The van der Waals surface area contributed by atoms with Crippen molar-refractivity contribution in [2.45, 2.75) is 20.0 Å². The first-order valence-electron chi connectivity index (χ1n) is 4.16. The molecule has 0 rings (SSSR count). The van der Waals surface area contributed by atoms with E-state index in [9.17, 15) is 18.0 Å². The Morgan fingerprint density at radius 3 is 2.21 bits per heavy atom. The number of hydrogen-bond acceptors (Lipinski definition) is 1. The summed E-state index contributed by atoms with van der Waals surface area (Å²) >= 11 is 5.20. The summed E-state index contributed by atoms with van der Waals surface area (Å²) in [6.45, 7) is 2.33. The molecule has 0 saturated carbocycles. The second kappa shape index (κ2) is 5.44. The van der Waals surface area contributed by atoms with Gasteiger partial charge in [0.2, 0.25) is 5.91 Å². The van der Waals surface area contributed by atoms with E-state index in [-0.39, 0.29) is 12.5 Å². The molecular formula is C8H13ClF3NO. The highest BCUT2D eigenvalue weighted by Crippen LogP contribution is 2.17. The van der Waals surface area contributed by atoms with Crippen LogP contribution < -0.4 is 0 Å². The third kappa shape index (κ3) is 6.07. The van der Waals surface area contributed by atoms with Gasteiger partial charge < -0.3 is 4.90 Å². The van der Waals surface area contributed by atoms with Gasteiger partial charge in [-0.05, 0) is 5.92 Å². The first-order chi connectivity index (χ1) is 6.26. The van der Waals surface area contributed by atoms with Crippen LogP contribution in [-0.2, 0) is 4.79 Å². The van der Waals surface area contributed by atoms with E-state index >= 15 is 0 Å². The molecular weight excluding hydrogens is 219 g/mol. The van der Waals surface area contributed by atoms with E-state index in [0.717, 1.165) is 4.90 Å². The van der Waals surface area contributed by atoms with E-state index in [2.05, 4.69) is 0 Å². The minimum atomic E-state index is -4.36. The second-order valence-electron chi connectivity index (χ2n) is 3.42. The number of rotatable bonds is 4. The molecule has 0 aliphatic rings. The van der Waals surface area contributed by atoms with Crippen molar-refractivity contribution in [2.75, 3.05) is 19.0 Å². The Balaban J connectivity index is 4.33. The molecule has 0 fully saturated rings. The molecule has 0 spiro atoms. The molecule has 0 saturated heterocycles. The van der Waals surface area contributed by atoms with Crippen molar-refractivity contribution < 1.29 is 18.0 Å². The van der Waals surface area contributed by atoms with Crippen LogP contribution in [0.2, 0.25) is 0 Å². The van der Waals surface area contributed by atoms with E-state index in [1.807, 2.05) is 0 Å². The van der Waals surface area contributed by atoms with Gasteiger partial charge in [0.05, 0.1) is 0 Å². The number of alkyl halides is 4. The summed E-state index contributed by atoms with van der Waals surface area (Å²) < 4.78 is 36.0. The van der Waals surface area contributed by atoms with Gasteiger partial charge in [-0.15, -0.1) is 11.6 Å². The number of nitrogens with zero attached hydrogens (tertiary/aromatic N) is 1. The zero-order chi connectivity index (χ0) is 11.4. The number of halogens is 4. The fourth-order valence-electron chi connectivity index (χ4n) is 0.996. The average Bonchev–Trinajstić information content (AvgIpc) is 1.98.